The molecule has 0 bridgehead atoms. The molecule has 0 aromatic rings. The van der Waals surface area contributed by atoms with Crippen molar-refractivity contribution >= 4 is 11.4 Å². The van der Waals surface area contributed by atoms with Crippen molar-refractivity contribution in [1.82, 2.24) is 5.32 Å². The predicted molar refractivity (Wildman–Crippen MR) is 49.1 cm³/mol. The molecule has 4 nitrogen and oxygen atoms in total. The molecule has 2 N–H and O–H groups in total. The zero-order valence-electron chi connectivity index (χ0n) is 7.58. The van der Waals surface area contributed by atoms with E-state index in [0.29, 0.717) is 12.6 Å². The molecule has 0 spiro atoms. The van der Waals surface area contributed by atoms with Crippen molar-refractivity contribution < 1.29 is 12.9 Å². The molecular formula is C7H17NO3S. The fraction of sp³-hybridized carbons (Fsp3) is 1.00. The molecule has 2 unspecified atom stereocenters. The number of nitrogens with one attached hydrogen (secondary N) is 1. The molecule has 12 heavy (non-hydrogen) atoms. The Morgan fingerprint density at radius 1 is 1.67 bits per heavy atom. The van der Waals surface area contributed by atoms with E-state index in [4.69, 9.17) is 4.55 Å². The molecule has 0 radical (unpaired) electrons. The van der Waals surface area contributed by atoms with Gasteiger partial charge in [0, 0.05) is 6.04 Å². The van der Waals surface area contributed by atoms with Crippen LogP contribution in [-0.2, 0) is 15.5 Å². The minimum Gasteiger partial charge on any atom is -0.314 e. The van der Waals surface area contributed by atoms with E-state index in [2.05, 4.69) is 23.3 Å². The summed E-state index contributed by atoms with van der Waals surface area (Å²) >= 11 is -2.11. The summed E-state index contributed by atoms with van der Waals surface area (Å²) in [6.07, 6.45) is 1.85. The Morgan fingerprint density at radius 2 is 2.33 bits per heavy atom. The maximum absolute atomic E-state index is 10.0. The lowest BCUT2D eigenvalue weighted by Gasteiger charge is -2.09. The van der Waals surface area contributed by atoms with Crippen molar-refractivity contribution in [2.24, 2.45) is 0 Å². The van der Waals surface area contributed by atoms with Crippen LogP contribution >= 0.6 is 0 Å². The van der Waals surface area contributed by atoms with Crippen LogP contribution in [0.25, 0.3) is 0 Å². The third-order valence-electron chi connectivity index (χ3n) is 1.61. The van der Waals surface area contributed by atoms with Gasteiger partial charge in [-0.3, -0.25) is 8.74 Å². The molecule has 0 aliphatic rings. The van der Waals surface area contributed by atoms with E-state index in [1.54, 1.807) is 0 Å². The molecule has 0 aliphatic heterocycles. The average molecular weight is 195 g/mol. The maximum atomic E-state index is 10.0. The SMILES string of the molecule is CCC(C)NCCCOS(=O)O. The molecule has 0 amide bonds. The summed E-state index contributed by atoms with van der Waals surface area (Å²) in [6, 6.07) is 0.504. The summed E-state index contributed by atoms with van der Waals surface area (Å²) in [4.78, 5) is 0. The molecule has 2 atom stereocenters. The van der Waals surface area contributed by atoms with Crippen molar-refractivity contribution in [3.63, 3.8) is 0 Å². The second kappa shape index (κ2) is 7.67. The molecule has 0 aromatic carbocycles. The zero-order chi connectivity index (χ0) is 9.40. The van der Waals surface area contributed by atoms with Gasteiger partial charge in [0.15, 0.2) is 0 Å². The van der Waals surface area contributed by atoms with E-state index < -0.39 is 11.4 Å². The van der Waals surface area contributed by atoms with E-state index in [9.17, 15) is 4.21 Å². The highest BCUT2D eigenvalue weighted by Gasteiger charge is 1.97. The Kier molecular flexibility index (Phi) is 7.69. The third-order valence-corrected chi connectivity index (χ3v) is 1.98. The van der Waals surface area contributed by atoms with Gasteiger partial charge < -0.3 is 5.32 Å². The normalized spacial score (nSPS) is 15.9. The molecule has 0 aromatic heterocycles. The van der Waals surface area contributed by atoms with Crippen molar-refractivity contribution in [3.05, 3.63) is 0 Å². The molecule has 0 heterocycles. The number of rotatable bonds is 7. The minimum atomic E-state index is -2.11. The summed E-state index contributed by atoms with van der Waals surface area (Å²) in [5.74, 6) is 0. The van der Waals surface area contributed by atoms with Gasteiger partial charge in [-0.25, -0.2) is 0 Å². The van der Waals surface area contributed by atoms with E-state index in [-0.39, 0.29) is 0 Å². The van der Waals surface area contributed by atoms with Gasteiger partial charge in [0.25, 0.3) is 0 Å². The lowest BCUT2D eigenvalue weighted by molar-refractivity contribution is 0.297. The summed E-state index contributed by atoms with van der Waals surface area (Å²) < 4.78 is 22.7. The molecular weight excluding hydrogens is 178 g/mol. The first-order valence-corrected chi connectivity index (χ1v) is 5.17. The highest BCUT2D eigenvalue weighted by molar-refractivity contribution is 7.74. The van der Waals surface area contributed by atoms with E-state index in [1.807, 2.05) is 0 Å². The van der Waals surface area contributed by atoms with Crippen LogP contribution in [0.5, 0.6) is 0 Å². The summed E-state index contributed by atoms with van der Waals surface area (Å²) in [7, 11) is 0. The van der Waals surface area contributed by atoms with Gasteiger partial charge in [-0.15, -0.1) is 0 Å². The molecule has 74 valence electrons. The largest absolute Gasteiger partial charge is 0.314 e. The molecule has 0 saturated heterocycles. The van der Waals surface area contributed by atoms with Crippen LogP contribution in [-0.4, -0.2) is 28.0 Å². The predicted octanol–water partition coefficient (Wildman–Crippen LogP) is 0.918. The van der Waals surface area contributed by atoms with Crippen molar-refractivity contribution in [1.29, 1.82) is 0 Å². The monoisotopic (exact) mass is 195 g/mol. The maximum Gasteiger partial charge on any atom is 0.301 e. The topological polar surface area (TPSA) is 58.6 Å². The Bertz CT molecular complexity index is 132. The van der Waals surface area contributed by atoms with Crippen LogP contribution in [0.3, 0.4) is 0 Å². The fourth-order valence-electron chi connectivity index (χ4n) is 0.695. The minimum absolute atomic E-state index is 0.326. The van der Waals surface area contributed by atoms with Gasteiger partial charge in [-0.05, 0) is 26.3 Å². The van der Waals surface area contributed by atoms with E-state index in [1.165, 1.54) is 0 Å². The second-order valence-electron chi connectivity index (χ2n) is 2.66. The lowest BCUT2D eigenvalue weighted by atomic mass is 10.2. The van der Waals surface area contributed by atoms with E-state index >= 15 is 0 Å². The molecule has 0 aliphatic carbocycles. The standard InChI is InChI=1S/C7H17NO3S/c1-3-7(2)8-5-4-6-11-12(9)10/h7-8H,3-6H2,1-2H3,(H,9,10). The summed E-state index contributed by atoms with van der Waals surface area (Å²) in [5.41, 5.74) is 0. The van der Waals surface area contributed by atoms with Gasteiger partial charge in [-0.2, -0.15) is 4.21 Å². The Labute approximate surface area is 76.2 Å². The number of hydrogen-bond donors (Lipinski definition) is 2. The fourth-order valence-corrected chi connectivity index (χ4v) is 0.956. The molecule has 0 rings (SSSR count). The first-order chi connectivity index (χ1) is 5.66. The van der Waals surface area contributed by atoms with Crippen molar-refractivity contribution in [3.8, 4) is 0 Å². The average Bonchev–Trinajstić information content (AvgIpc) is 2.03. The van der Waals surface area contributed by atoms with Gasteiger partial charge in [0.2, 0.25) is 0 Å². The van der Waals surface area contributed by atoms with Crippen LogP contribution in [0.4, 0.5) is 0 Å². The number of hydrogen-bond acceptors (Lipinski definition) is 3. The lowest BCUT2D eigenvalue weighted by Crippen LogP contribution is -2.26. The Morgan fingerprint density at radius 3 is 2.83 bits per heavy atom. The van der Waals surface area contributed by atoms with Gasteiger partial charge in [0.05, 0.1) is 6.61 Å². The molecule has 5 heteroatoms. The second-order valence-corrected chi connectivity index (χ2v) is 3.33. The summed E-state index contributed by atoms with van der Waals surface area (Å²) in [6.45, 7) is 5.36. The van der Waals surface area contributed by atoms with Crippen molar-refractivity contribution in [2.75, 3.05) is 13.2 Å². The Balaban J connectivity index is 3.05. The molecule has 0 fully saturated rings. The highest BCUT2D eigenvalue weighted by Crippen LogP contribution is 1.89. The third kappa shape index (κ3) is 8.13. The van der Waals surface area contributed by atoms with Crippen LogP contribution in [0, 0.1) is 0 Å². The van der Waals surface area contributed by atoms with Gasteiger partial charge in [-0.1, -0.05) is 6.92 Å². The first kappa shape index (κ1) is 12.0. The Hall–Kier alpha value is 0.0300. The highest BCUT2D eigenvalue weighted by atomic mass is 32.2. The van der Waals surface area contributed by atoms with Crippen LogP contribution in [0.1, 0.15) is 26.7 Å². The van der Waals surface area contributed by atoms with Gasteiger partial charge >= 0.3 is 11.4 Å². The van der Waals surface area contributed by atoms with Crippen LogP contribution in [0.2, 0.25) is 0 Å². The first-order valence-electron chi connectivity index (χ1n) is 4.14. The van der Waals surface area contributed by atoms with Crippen LogP contribution < -0.4 is 5.32 Å². The summed E-state index contributed by atoms with van der Waals surface area (Å²) in [5, 5.41) is 3.25. The van der Waals surface area contributed by atoms with E-state index in [0.717, 1.165) is 19.4 Å². The van der Waals surface area contributed by atoms with Gasteiger partial charge in [0.1, 0.15) is 0 Å². The molecule has 0 saturated carbocycles. The smallest absolute Gasteiger partial charge is 0.301 e. The quantitative estimate of drug-likeness (QED) is 0.468. The zero-order valence-corrected chi connectivity index (χ0v) is 8.39. The van der Waals surface area contributed by atoms with Crippen LogP contribution in [0.15, 0.2) is 0 Å². The van der Waals surface area contributed by atoms with Crippen molar-refractivity contribution in [2.45, 2.75) is 32.7 Å².